The first-order valence-corrected chi connectivity index (χ1v) is 7.90. The van der Waals surface area contributed by atoms with Crippen molar-refractivity contribution in [2.75, 3.05) is 24.5 Å². The van der Waals surface area contributed by atoms with Crippen LogP contribution in [0.25, 0.3) is 0 Å². The number of anilines is 1. The number of rotatable bonds is 9. The Bertz CT molecular complexity index is 389. The second kappa shape index (κ2) is 8.96. The van der Waals surface area contributed by atoms with Crippen molar-refractivity contribution < 1.29 is 4.39 Å². The van der Waals surface area contributed by atoms with Crippen molar-refractivity contribution in [1.82, 2.24) is 5.32 Å². The fraction of sp³-hybridized carbons (Fsp3) is 0.647. The molecule has 0 aliphatic carbocycles. The maximum absolute atomic E-state index is 14.3. The first-order chi connectivity index (χ1) is 9.67. The van der Waals surface area contributed by atoms with E-state index in [0.29, 0.717) is 5.92 Å². The number of hydrogen-bond donors (Lipinski definition) is 1. The lowest BCUT2D eigenvalue weighted by atomic mass is 10.0. The Morgan fingerprint density at radius 1 is 1.15 bits per heavy atom. The molecule has 0 radical (unpaired) electrons. The van der Waals surface area contributed by atoms with E-state index in [1.54, 1.807) is 12.1 Å². The zero-order chi connectivity index (χ0) is 15.0. The second-order valence-corrected chi connectivity index (χ2v) is 5.25. The highest BCUT2D eigenvalue weighted by atomic mass is 19.1. The molecule has 20 heavy (non-hydrogen) atoms. The molecule has 0 aliphatic rings. The smallest absolute Gasteiger partial charge is 0.146 e. The van der Waals surface area contributed by atoms with Gasteiger partial charge in [0.15, 0.2) is 0 Å². The summed E-state index contributed by atoms with van der Waals surface area (Å²) in [7, 11) is 0. The maximum Gasteiger partial charge on any atom is 0.146 e. The number of hydrogen-bond acceptors (Lipinski definition) is 2. The molecular weight excluding hydrogens is 251 g/mol. The van der Waals surface area contributed by atoms with Crippen molar-refractivity contribution in [2.24, 2.45) is 5.92 Å². The van der Waals surface area contributed by atoms with E-state index in [4.69, 9.17) is 0 Å². The zero-order valence-corrected chi connectivity index (χ0v) is 13.4. The van der Waals surface area contributed by atoms with Crippen LogP contribution in [-0.2, 0) is 6.54 Å². The number of nitrogens with one attached hydrogen (secondary N) is 1. The van der Waals surface area contributed by atoms with Crippen LogP contribution in [0.3, 0.4) is 0 Å². The Balaban J connectivity index is 3.00. The summed E-state index contributed by atoms with van der Waals surface area (Å²) in [6.07, 6.45) is 2.29. The molecule has 0 amide bonds. The molecule has 0 aromatic heterocycles. The van der Waals surface area contributed by atoms with Gasteiger partial charge in [-0.25, -0.2) is 4.39 Å². The van der Waals surface area contributed by atoms with Gasteiger partial charge in [-0.15, -0.1) is 0 Å². The molecule has 114 valence electrons. The van der Waals surface area contributed by atoms with Crippen LogP contribution in [0.1, 0.15) is 46.1 Å². The first-order valence-electron chi connectivity index (χ1n) is 7.90. The van der Waals surface area contributed by atoms with Gasteiger partial charge < -0.3 is 10.2 Å². The van der Waals surface area contributed by atoms with E-state index in [0.717, 1.165) is 50.3 Å². The summed E-state index contributed by atoms with van der Waals surface area (Å²) in [5.74, 6) is 0.523. The fourth-order valence-electron chi connectivity index (χ4n) is 2.55. The van der Waals surface area contributed by atoms with Crippen LogP contribution < -0.4 is 10.2 Å². The minimum Gasteiger partial charge on any atom is -0.369 e. The lowest BCUT2D eigenvalue weighted by Crippen LogP contribution is -2.31. The lowest BCUT2D eigenvalue weighted by Gasteiger charge is -2.29. The molecule has 0 heterocycles. The SMILES string of the molecule is CCNCc1cccc(F)c1N(CC)CC(CC)CC. The Labute approximate surface area is 123 Å². The zero-order valence-electron chi connectivity index (χ0n) is 13.4. The van der Waals surface area contributed by atoms with Gasteiger partial charge in [0.2, 0.25) is 0 Å². The summed E-state index contributed by atoms with van der Waals surface area (Å²) in [5.41, 5.74) is 1.84. The minimum absolute atomic E-state index is 0.104. The standard InChI is InChI=1S/C17H29FN2/c1-5-14(6-2)13-20(8-4)17-15(12-19-7-3)10-9-11-16(17)18/h9-11,14,19H,5-8,12-13H2,1-4H3. The molecule has 2 nitrogen and oxygen atoms in total. The third kappa shape index (κ3) is 4.48. The van der Waals surface area contributed by atoms with E-state index in [-0.39, 0.29) is 5.82 Å². The van der Waals surface area contributed by atoms with Crippen LogP contribution in [0, 0.1) is 11.7 Å². The van der Waals surface area contributed by atoms with Gasteiger partial charge in [-0.05, 0) is 31.0 Å². The van der Waals surface area contributed by atoms with Crippen LogP contribution in [0.15, 0.2) is 18.2 Å². The largest absolute Gasteiger partial charge is 0.369 e. The molecular formula is C17H29FN2. The molecule has 1 N–H and O–H groups in total. The van der Waals surface area contributed by atoms with Crippen LogP contribution in [0.5, 0.6) is 0 Å². The van der Waals surface area contributed by atoms with Crippen molar-refractivity contribution in [3.8, 4) is 0 Å². The summed E-state index contributed by atoms with van der Waals surface area (Å²) in [6, 6.07) is 5.40. The molecule has 1 aromatic carbocycles. The first kappa shape index (κ1) is 17.0. The average molecular weight is 280 g/mol. The number of nitrogens with zero attached hydrogens (tertiary/aromatic N) is 1. The van der Waals surface area contributed by atoms with Gasteiger partial charge in [-0.2, -0.15) is 0 Å². The molecule has 1 aromatic rings. The van der Waals surface area contributed by atoms with E-state index >= 15 is 0 Å². The Morgan fingerprint density at radius 2 is 1.85 bits per heavy atom. The number of halogens is 1. The van der Waals surface area contributed by atoms with E-state index in [1.165, 1.54) is 0 Å². The minimum atomic E-state index is -0.104. The Morgan fingerprint density at radius 3 is 2.40 bits per heavy atom. The molecule has 0 saturated heterocycles. The summed E-state index contributed by atoms with van der Waals surface area (Å²) >= 11 is 0. The van der Waals surface area contributed by atoms with Crippen molar-refractivity contribution >= 4 is 5.69 Å². The number of benzene rings is 1. The molecule has 0 fully saturated rings. The van der Waals surface area contributed by atoms with E-state index in [9.17, 15) is 4.39 Å². The van der Waals surface area contributed by atoms with Gasteiger partial charge in [-0.3, -0.25) is 0 Å². The quantitative estimate of drug-likeness (QED) is 0.729. The van der Waals surface area contributed by atoms with Crippen LogP contribution in [-0.4, -0.2) is 19.6 Å². The van der Waals surface area contributed by atoms with E-state index in [1.807, 2.05) is 6.07 Å². The van der Waals surface area contributed by atoms with Crippen molar-refractivity contribution in [1.29, 1.82) is 0 Å². The predicted molar refractivity (Wildman–Crippen MR) is 85.7 cm³/mol. The van der Waals surface area contributed by atoms with E-state index in [2.05, 4.69) is 37.9 Å². The summed E-state index contributed by atoms with van der Waals surface area (Å²) in [4.78, 5) is 2.19. The van der Waals surface area contributed by atoms with Gasteiger partial charge in [0.25, 0.3) is 0 Å². The van der Waals surface area contributed by atoms with Crippen molar-refractivity contribution in [3.63, 3.8) is 0 Å². The predicted octanol–water partition coefficient (Wildman–Crippen LogP) is 4.20. The topological polar surface area (TPSA) is 15.3 Å². The van der Waals surface area contributed by atoms with Crippen LogP contribution >= 0.6 is 0 Å². The number of para-hydroxylation sites is 1. The molecule has 0 saturated carbocycles. The monoisotopic (exact) mass is 280 g/mol. The third-order valence-corrected chi connectivity index (χ3v) is 3.97. The molecule has 0 atom stereocenters. The summed E-state index contributed by atoms with van der Waals surface area (Å²) in [6.45, 7) is 12.0. The molecule has 1 rings (SSSR count). The maximum atomic E-state index is 14.3. The van der Waals surface area contributed by atoms with Crippen LogP contribution in [0.4, 0.5) is 10.1 Å². The van der Waals surface area contributed by atoms with Crippen molar-refractivity contribution in [2.45, 2.75) is 47.1 Å². The average Bonchev–Trinajstić information content (AvgIpc) is 2.47. The molecule has 3 heteroatoms. The highest BCUT2D eigenvalue weighted by molar-refractivity contribution is 5.55. The molecule has 0 bridgehead atoms. The highest BCUT2D eigenvalue weighted by Crippen LogP contribution is 2.26. The van der Waals surface area contributed by atoms with Gasteiger partial charge in [0.05, 0.1) is 5.69 Å². The van der Waals surface area contributed by atoms with Crippen molar-refractivity contribution in [3.05, 3.63) is 29.6 Å². The molecule has 0 unspecified atom stereocenters. The van der Waals surface area contributed by atoms with Gasteiger partial charge >= 0.3 is 0 Å². The highest BCUT2D eigenvalue weighted by Gasteiger charge is 2.17. The summed E-state index contributed by atoms with van der Waals surface area (Å²) < 4.78 is 14.3. The summed E-state index contributed by atoms with van der Waals surface area (Å²) in [5, 5.41) is 3.30. The van der Waals surface area contributed by atoms with Gasteiger partial charge in [0.1, 0.15) is 5.82 Å². The van der Waals surface area contributed by atoms with E-state index < -0.39 is 0 Å². The normalized spacial score (nSPS) is 11.1. The lowest BCUT2D eigenvalue weighted by molar-refractivity contribution is 0.480. The third-order valence-electron chi connectivity index (χ3n) is 3.97. The van der Waals surface area contributed by atoms with Gasteiger partial charge in [-0.1, -0.05) is 45.7 Å². The molecule has 0 aliphatic heterocycles. The Kier molecular flexibility index (Phi) is 7.60. The second-order valence-electron chi connectivity index (χ2n) is 5.25. The van der Waals surface area contributed by atoms with Crippen LogP contribution in [0.2, 0.25) is 0 Å². The Hall–Kier alpha value is -1.09. The van der Waals surface area contributed by atoms with Gasteiger partial charge in [0, 0.05) is 19.6 Å². The fourth-order valence-corrected chi connectivity index (χ4v) is 2.55. The molecule has 0 spiro atoms.